The van der Waals surface area contributed by atoms with Crippen LogP contribution in [0.3, 0.4) is 0 Å². The third kappa shape index (κ3) is 4.39. The first-order chi connectivity index (χ1) is 8.02. The maximum Gasteiger partial charge on any atom is 0.306 e. The van der Waals surface area contributed by atoms with Crippen LogP contribution in [-0.4, -0.2) is 18.4 Å². The molecule has 3 nitrogen and oxygen atoms in total. The van der Waals surface area contributed by atoms with Gasteiger partial charge in [0.2, 0.25) is 0 Å². The zero-order valence-electron chi connectivity index (χ0n) is 10.6. The van der Waals surface area contributed by atoms with Crippen molar-refractivity contribution in [3.8, 4) is 0 Å². The Kier molecular flexibility index (Phi) is 4.88. The average molecular weight is 234 g/mol. The Morgan fingerprint density at radius 3 is 2.18 bits per heavy atom. The van der Waals surface area contributed by atoms with Crippen molar-refractivity contribution >= 4 is 11.8 Å². The first-order valence-electron chi connectivity index (χ1n) is 5.80. The fraction of sp³-hybridized carbons (Fsp3) is 0.429. The van der Waals surface area contributed by atoms with E-state index in [0.717, 1.165) is 11.1 Å². The summed E-state index contributed by atoms with van der Waals surface area (Å²) < 4.78 is 4.78. The number of carbonyl (C=O) groups is 2. The van der Waals surface area contributed by atoms with Gasteiger partial charge >= 0.3 is 5.97 Å². The molecule has 0 amide bonds. The molecule has 92 valence electrons. The van der Waals surface area contributed by atoms with Gasteiger partial charge in [-0.05, 0) is 32.9 Å². The molecule has 1 rings (SSSR count). The van der Waals surface area contributed by atoms with Gasteiger partial charge in [0.05, 0.1) is 13.0 Å². The summed E-state index contributed by atoms with van der Waals surface area (Å²) in [6.07, 6.45) is 0.362. The number of benzene rings is 1. The Morgan fingerprint density at radius 1 is 1.06 bits per heavy atom. The summed E-state index contributed by atoms with van der Waals surface area (Å²) in [6, 6.07) is 5.71. The maximum absolute atomic E-state index is 11.9. The molecule has 17 heavy (non-hydrogen) atoms. The monoisotopic (exact) mass is 234 g/mol. The highest BCUT2D eigenvalue weighted by Crippen LogP contribution is 2.12. The van der Waals surface area contributed by atoms with E-state index in [1.54, 1.807) is 6.92 Å². The predicted octanol–water partition coefficient (Wildman–Crippen LogP) is 2.83. The molecule has 3 heteroatoms. The minimum atomic E-state index is -0.315. The van der Waals surface area contributed by atoms with Gasteiger partial charge in [0.15, 0.2) is 5.78 Å². The summed E-state index contributed by atoms with van der Waals surface area (Å²) in [5.41, 5.74) is 2.79. The van der Waals surface area contributed by atoms with E-state index < -0.39 is 0 Å². The Hall–Kier alpha value is -1.64. The zero-order valence-corrected chi connectivity index (χ0v) is 10.6. The summed E-state index contributed by atoms with van der Waals surface area (Å²) in [5.74, 6) is -0.324. The number of Topliss-reactive ketones (excluding diaryl/α,β-unsaturated/α-hetero) is 1. The topological polar surface area (TPSA) is 43.4 Å². The minimum absolute atomic E-state index is 0.00940. The Labute approximate surface area is 102 Å². The van der Waals surface area contributed by atoms with E-state index in [1.807, 2.05) is 32.0 Å². The molecule has 0 fully saturated rings. The van der Waals surface area contributed by atoms with Gasteiger partial charge in [0.1, 0.15) is 0 Å². The molecule has 0 atom stereocenters. The van der Waals surface area contributed by atoms with Crippen LogP contribution in [-0.2, 0) is 9.53 Å². The highest BCUT2D eigenvalue weighted by atomic mass is 16.5. The molecule has 0 N–H and O–H groups in total. The number of aryl methyl sites for hydroxylation is 2. The number of carbonyl (C=O) groups excluding carboxylic acids is 2. The summed E-state index contributed by atoms with van der Waals surface area (Å²) in [5, 5.41) is 0. The van der Waals surface area contributed by atoms with Crippen LogP contribution in [0.4, 0.5) is 0 Å². The van der Waals surface area contributed by atoms with Gasteiger partial charge in [0.25, 0.3) is 0 Å². The molecule has 0 bridgehead atoms. The molecular weight excluding hydrogens is 216 g/mol. The first-order valence-corrected chi connectivity index (χ1v) is 5.80. The van der Waals surface area contributed by atoms with Gasteiger partial charge in [-0.25, -0.2) is 0 Å². The van der Waals surface area contributed by atoms with Crippen molar-refractivity contribution in [3.05, 3.63) is 34.9 Å². The first kappa shape index (κ1) is 13.4. The van der Waals surface area contributed by atoms with Crippen LogP contribution in [0.1, 0.15) is 41.3 Å². The van der Waals surface area contributed by atoms with Crippen molar-refractivity contribution in [2.45, 2.75) is 33.6 Å². The van der Waals surface area contributed by atoms with Crippen LogP contribution in [0.5, 0.6) is 0 Å². The summed E-state index contributed by atoms with van der Waals surface area (Å²) in [4.78, 5) is 23.0. The molecule has 0 heterocycles. The third-order valence-corrected chi connectivity index (χ3v) is 2.41. The molecule has 0 unspecified atom stereocenters. The van der Waals surface area contributed by atoms with Crippen LogP contribution in [0.15, 0.2) is 18.2 Å². The molecule has 1 aromatic rings. The fourth-order valence-electron chi connectivity index (χ4n) is 1.73. The van der Waals surface area contributed by atoms with Crippen molar-refractivity contribution in [2.24, 2.45) is 0 Å². The molecule has 0 aromatic heterocycles. The molecule has 0 spiro atoms. The van der Waals surface area contributed by atoms with Crippen molar-refractivity contribution in [2.75, 3.05) is 6.61 Å². The van der Waals surface area contributed by atoms with Crippen LogP contribution >= 0.6 is 0 Å². The Bertz CT molecular complexity index is 401. The maximum atomic E-state index is 11.9. The van der Waals surface area contributed by atoms with Crippen molar-refractivity contribution in [1.29, 1.82) is 0 Å². The third-order valence-electron chi connectivity index (χ3n) is 2.41. The smallest absolute Gasteiger partial charge is 0.306 e. The lowest BCUT2D eigenvalue weighted by molar-refractivity contribution is -0.143. The Morgan fingerprint density at radius 2 is 1.65 bits per heavy atom. The number of hydrogen-bond acceptors (Lipinski definition) is 3. The lowest BCUT2D eigenvalue weighted by Gasteiger charge is -2.04. The van der Waals surface area contributed by atoms with Gasteiger partial charge in [-0.15, -0.1) is 0 Å². The molecule has 0 aliphatic heterocycles. The standard InChI is InChI=1S/C14H18O3/c1-4-17-14(16)6-5-13(15)12-8-10(2)7-11(3)9-12/h7-9H,4-6H2,1-3H3. The van der Waals surface area contributed by atoms with E-state index in [4.69, 9.17) is 4.74 Å². The highest BCUT2D eigenvalue weighted by molar-refractivity contribution is 5.97. The van der Waals surface area contributed by atoms with Gasteiger partial charge in [-0.3, -0.25) is 9.59 Å². The van der Waals surface area contributed by atoms with Crippen LogP contribution in [0.2, 0.25) is 0 Å². The molecular formula is C14H18O3. The molecule has 0 aliphatic carbocycles. The number of rotatable bonds is 5. The summed E-state index contributed by atoms with van der Waals surface area (Å²) in [6.45, 7) is 6.02. The normalized spacial score (nSPS) is 10.1. The van der Waals surface area contributed by atoms with Crippen molar-refractivity contribution in [3.63, 3.8) is 0 Å². The van der Waals surface area contributed by atoms with Gasteiger partial charge < -0.3 is 4.74 Å². The molecule has 0 radical (unpaired) electrons. The van der Waals surface area contributed by atoms with Crippen molar-refractivity contribution in [1.82, 2.24) is 0 Å². The van der Waals surface area contributed by atoms with Gasteiger partial charge in [0, 0.05) is 12.0 Å². The average Bonchev–Trinajstić information content (AvgIpc) is 2.25. The van der Waals surface area contributed by atoms with Crippen molar-refractivity contribution < 1.29 is 14.3 Å². The minimum Gasteiger partial charge on any atom is -0.466 e. The molecule has 0 aliphatic rings. The second-order valence-corrected chi connectivity index (χ2v) is 4.10. The van der Waals surface area contributed by atoms with Gasteiger partial charge in [-0.1, -0.05) is 17.2 Å². The second kappa shape index (κ2) is 6.18. The van der Waals surface area contributed by atoms with Gasteiger partial charge in [-0.2, -0.15) is 0 Å². The predicted molar refractivity (Wildman–Crippen MR) is 66.1 cm³/mol. The van der Waals surface area contributed by atoms with E-state index in [9.17, 15) is 9.59 Å². The molecule has 0 saturated heterocycles. The quantitative estimate of drug-likeness (QED) is 0.581. The number of ether oxygens (including phenoxy) is 1. The second-order valence-electron chi connectivity index (χ2n) is 4.10. The number of hydrogen-bond donors (Lipinski definition) is 0. The molecule has 0 saturated carbocycles. The van der Waals surface area contributed by atoms with E-state index in [1.165, 1.54) is 0 Å². The van der Waals surface area contributed by atoms with Crippen LogP contribution in [0, 0.1) is 13.8 Å². The lowest BCUT2D eigenvalue weighted by atomic mass is 10.0. The number of esters is 1. The van der Waals surface area contributed by atoms with E-state index in [-0.39, 0.29) is 24.6 Å². The largest absolute Gasteiger partial charge is 0.466 e. The lowest BCUT2D eigenvalue weighted by Crippen LogP contribution is -2.08. The van der Waals surface area contributed by atoms with E-state index in [0.29, 0.717) is 12.2 Å². The van der Waals surface area contributed by atoms with E-state index >= 15 is 0 Å². The highest BCUT2D eigenvalue weighted by Gasteiger charge is 2.10. The molecule has 1 aromatic carbocycles. The fourth-order valence-corrected chi connectivity index (χ4v) is 1.73. The summed E-state index contributed by atoms with van der Waals surface area (Å²) in [7, 11) is 0. The Balaban J connectivity index is 2.61. The van der Waals surface area contributed by atoms with Crippen LogP contribution < -0.4 is 0 Å². The SMILES string of the molecule is CCOC(=O)CCC(=O)c1cc(C)cc(C)c1. The summed E-state index contributed by atoms with van der Waals surface area (Å²) >= 11 is 0. The van der Waals surface area contributed by atoms with E-state index in [2.05, 4.69) is 0 Å². The zero-order chi connectivity index (χ0) is 12.8. The number of ketones is 1. The van der Waals surface area contributed by atoms with Crippen LogP contribution in [0.25, 0.3) is 0 Å².